The number of carbonyl (C=O) groups excluding carboxylic acids is 2. The van der Waals surface area contributed by atoms with Gasteiger partial charge in [0.25, 0.3) is 5.91 Å². The van der Waals surface area contributed by atoms with Crippen LogP contribution in [-0.4, -0.2) is 65.3 Å². The standard InChI is InChI=1S/C20H27F3N4O4/c1-19(2,3)16(18(30)24-8-10-28)25-17(29)15-13-6-4-5-7-14(13)27(26-15)9-11-31-12-20(21,22)23/h4-7,16,28H,8-12H2,1-3H3,(H,24,30)(H,25,29)/t16-/m1/s1. The molecule has 11 heteroatoms. The lowest BCUT2D eigenvalue weighted by Crippen LogP contribution is -2.54. The molecule has 0 unspecified atom stereocenters. The topological polar surface area (TPSA) is 105 Å². The summed E-state index contributed by atoms with van der Waals surface area (Å²) in [5.41, 5.74) is -0.0186. The van der Waals surface area contributed by atoms with Crippen LogP contribution in [0.4, 0.5) is 13.2 Å². The third-order valence-corrected chi connectivity index (χ3v) is 4.40. The van der Waals surface area contributed by atoms with Gasteiger partial charge in [-0.25, -0.2) is 0 Å². The average molecular weight is 444 g/mol. The second-order valence-electron chi connectivity index (χ2n) is 8.04. The number of hydrogen-bond acceptors (Lipinski definition) is 5. The number of amides is 2. The van der Waals surface area contributed by atoms with E-state index in [0.29, 0.717) is 10.9 Å². The fourth-order valence-corrected chi connectivity index (χ4v) is 2.96. The molecule has 1 aromatic carbocycles. The summed E-state index contributed by atoms with van der Waals surface area (Å²) in [4.78, 5) is 25.4. The van der Waals surface area contributed by atoms with Crippen LogP contribution < -0.4 is 10.6 Å². The second kappa shape index (κ2) is 10.1. The normalized spacial score (nSPS) is 13.3. The molecule has 8 nitrogen and oxygen atoms in total. The number of alkyl halides is 3. The second-order valence-corrected chi connectivity index (χ2v) is 8.04. The highest BCUT2D eigenvalue weighted by Gasteiger charge is 2.34. The summed E-state index contributed by atoms with van der Waals surface area (Å²) < 4.78 is 42.8. The summed E-state index contributed by atoms with van der Waals surface area (Å²) in [6.45, 7) is 3.58. The highest BCUT2D eigenvalue weighted by atomic mass is 19.4. The van der Waals surface area contributed by atoms with E-state index >= 15 is 0 Å². The van der Waals surface area contributed by atoms with E-state index in [1.54, 1.807) is 45.0 Å². The van der Waals surface area contributed by atoms with Gasteiger partial charge in [0, 0.05) is 11.9 Å². The Balaban J connectivity index is 2.22. The number of fused-ring (bicyclic) bond motifs is 1. The molecule has 172 valence electrons. The number of para-hydroxylation sites is 1. The number of aliphatic hydroxyl groups excluding tert-OH is 1. The van der Waals surface area contributed by atoms with Crippen LogP contribution >= 0.6 is 0 Å². The first-order valence-electron chi connectivity index (χ1n) is 9.73. The van der Waals surface area contributed by atoms with E-state index in [1.807, 2.05) is 0 Å². The van der Waals surface area contributed by atoms with Crippen molar-refractivity contribution in [1.29, 1.82) is 0 Å². The number of nitrogens with zero attached hydrogens (tertiary/aromatic N) is 2. The van der Waals surface area contributed by atoms with Gasteiger partial charge in [-0.15, -0.1) is 0 Å². The third-order valence-electron chi connectivity index (χ3n) is 4.40. The van der Waals surface area contributed by atoms with Crippen molar-refractivity contribution in [3.05, 3.63) is 30.0 Å². The SMILES string of the molecule is CC(C)(C)[C@H](NC(=O)c1nn(CCOCC(F)(F)F)c2ccccc12)C(=O)NCCO. The lowest BCUT2D eigenvalue weighted by molar-refractivity contribution is -0.174. The molecule has 0 aliphatic carbocycles. The fourth-order valence-electron chi connectivity index (χ4n) is 2.96. The summed E-state index contributed by atoms with van der Waals surface area (Å²) in [7, 11) is 0. The molecule has 31 heavy (non-hydrogen) atoms. The Morgan fingerprint density at radius 3 is 2.52 bits per heavy atom. The quantitative estimate of drug-likeness (QED) is 0.512. The maximum absolute atomic E-state index is 13.0. The summed E-state index contributed by atoms with van der Waals surface area (Å²) in [6, 6.07) is 5.89. The molecule has 0 spiro atoms. The van der Waals surface area contributed by atoms with E-state index in [4.69, 9.17) is 5.11 Å². The van der Waals surface area contributed by atoms with Gasteiger partial charge in [-0.2, -0.15) is 18.3 Å². The van der Waals surface area contributed by atoms with E-state index in [0.717, 1.165) is 0 Å². The number of hydrogen-bond donors (Lipinski definition) is 3. The van der Waals surface area contributed by atoms with Gasteiger partial charge in [0.15, 0.2) is 5.69 Å². The van der Waals surface area contributed by atoms with Gasteiger partial charge in [-0.1, -0.05) is 39.0 Å². The van der Waals surface area contributed by atoms with Crippen molar-refractivity contribution in [1.82, 2.24) is 20.4 Å². The molecule has 0 bridgehead atoms. The molecule has 3 N–H and O–H groups in total. The Labute approximate surface area is 177 Å². The number of benzene rings is 1. The summed E-state index contributed by atoms with van der Waals surface area (Å²) in [6.07, 6.45) is -4.42. The summed E-state index contributed by atoms with van der Waals surface area (Å²) in [5.74, 6) is -1.04. The van der Waals surface area contributed by atoms with Crippen LogP contribution in [0.25, 0.3) is 10.9 Å². The molecule has 0 aliphatic rings. The molecular formula is C20H27F3N4O4. The van der Waals surface area contributed by atoms with Crippen molar-refractivity contribution in [2.24, 2.45) is 5.41 Å². The van der Waals surface area contributed by atoms with Crippen molar-refractivity contribution in [2.75, 3.05) is 26.4 Å². The number of nitrogens with one attached hydrogen (secondary N) is 2. The Hall–Kier alpha value is -2.66. The molecule has 1 aromatic heterocycles. The lowest BCUT2D eigenvalue weighted by Gasteiger charge is -2.30. The molecule has 1 atom stereocenters. The Kier molecular flexibility index (Phi) is 8.02. The molecular weight excluding hydrogens is 417 g/mol. The Morgan fingerprint density at radius 1 is 1.23 bits per heavy atom. The van der Waals surface area contributed by atoms with Crippen LogP contribution in [0.5, 0.6) is 0 Å². The summed E-state index contributed by atoms with van der Waals surface area (Å²) in [5, 5.41) is 18.9. The summed E-state index contributed by atoms with van der Waals surface area (Å²) >= 11 is 0. The van der Waals surface area contributed by atoms with Crippen LogP contribution in [-0.2, 0) is 16.1 Å². The number of carbonyl (C=O) groups is 2. The van der Waals surface area contributed by atoms with Crippen LogP contribution in [0.15, 0.2) is 24.3 Å². The number of aliphatic hydroxyl groups is 1. The van der Waals surface area contributed by atoms with Crippen molar-refractivity contribution in [2.45, 2.75) is 39.5 Å². The third kappa shape index (κ3) is 6.93. The molecule has 2 rings (SSSR count). The van der Waals surface area contributed by atoms with Crippen LogP contribution in [0.3, 0.4) is 0 Å². The number of halogens is 3. The van der Waals surface area contributed by atoms with E-state index in [-0.39, 0.29) is 32.0 Å². The zero-order valence-corrected chi connectivity index (χ0v) is 17.6. The maximum Gasteiger partial charge on any atom is 0.411 e. The highest BCUT2D eigenvalue weighted by Crippen LogP contribution is 2.22. The van der Waals surface area contributed by atoms with Crippen LogP contribution in [0.2, 0.25) is 0 Å². The predicted octanol–water partition coefficient (Wildman–Crippen LogP) is 1.87. The minimum atomic E-state index is -4.42. The molecule has 0 saturated heterocycles. The molecule has 0 radical (unpaired) electrons. The zero-order chi connectivity index (χ0) is 23.2. The molecule has 0 saturated carbocycles. The first kappa shape index (κ1) is 24.6. The average Bonchev–Trinajstić information content (AvgIpc) is 3.04. The first-order valence-corrected chi connectivity index (χ1v) is 9.73. The molecule has 2 amide bonds. The molecule has 0 fully saturated rings. The van der Waals surface area contributed by atoms with Gasteiger partial charge in [0.05, 0.1) is 25.3 Å². The van der Waals surface area contributed by atoms with Crippen LogP contribution in [0.1, 0.15) is 31.3 Å². The lowest BCUT2D eigenvalue weighted by atomic mass is 9.86. The van der Waals surface area contributed by atoms with Gasteiger partial charge >= 0.3 is 6.18 Å². The minimum Gasteiger partial charge on any atom is -0.395 e. The Morgan fingerprint density at radius 2 is 1.90 bits per heavy atom. The first-order chi connectivity index (χ1) is 14.4. The van der Waals surface area contributed by atoms with E-state index in [1.165, 1.54) is 4.68 Å². The van der Waals surface area contributed by atoms with Crippen molar-refractivity contribution >= 4 is 22.7 Å². The van der Waals surface area contributed by atoms with Gasteiger partial charge in [0.1, 0.15) is 12.6 Å². The van der Waals surface area contributed by atoms with Crippen molar-refractivity contribution < 1.29 is 32.6 Å². The van der Waals surface area contributed by atoms with Gasteiger partial charge in [0.2, 0.25) is 5.91 Å². The number of ether oxygens (including phenoxy) is 1. The van der Waals surface area contributed by atoms with Gasteiger partial charge in [-0.05, 0) is 11.5 Å². The number of aromatic nitrogens is 2. The molecule has 1 heterocycles. The highest BCUT2D eigenvalue weighted by molar-refractivity contribution is 6.06. The van der Waals surface area contributed by atoms with Crippen molar-refractivity contribution in [3.8, 4) is 0 Å². The fraction of sp³-hybridized carbons (Fsp3) is 0.550. The minimum absolute atomic E-state index is 0.0174. The predicted molar refractivity (Wildman–Crippen MR) is 107 cm³/mol. The smallest absolute Gasteiger partial charge is 0.395 e. The Bertz CT molecular complexity index is 906. The monoisotopic (exact) mass is 444 g/mol. The van der Waals surface area contributed by atoms with E-state index < -0.39 is 36.1 Å². The number of rotatable bonds is 9. The molecule has 2 aromatic rings. The van der Waals surface area contributed by atoms with Crippen LogP contribution in [0, 0.1) is 5.41 Å². The zero-order valence-electron chi connectivity index (χ0n) is 17.6. The van der Waals surface area contributed by atoms with Crippen molar-refractivity contribution in [3.63, 3.8) is 0 Å². The largest absolute Gasteiger partial charge is 0.411 e. The van der Waals surface area contributed by atoms with E-state index in [9.17, 15) is 22.8 Å². The molecule has 0 aliphatic heterocycles. The van der Waals surface area contributed by atoms with E-state index in [2.05, 4.69) is 20.5 Å². The van der Waals surface area contributed by atoms with Gasteiger partial charge < -0.3 is 20.5 Å². The maximum atomic E-state index is 13.0. The van der Waals surface area contributed by atoms with Gasteiger partial charge in [-0.3, -0.25) is 14.3 Å².